The van der Waals surface area contributed by atoms with E-state index >= 15 is 0 Å². The summed E-state index contributed by atoms with van der Waals surface area (Å²) in [6.45, 7) is -3.82. The Labute approximate surface area is 123 Å². The SMILES string of the molecule is C=C(COCC(O)CO)[B-](F)(F)F.[K+]. The zero-order chi connectivity index (χ0) is 10.5. The second-order valence-corrected chi connectivity index (χ2v) is 2.58. The van der Waals surface area contributed by atoms with E-state index in [0.29, 0.717) is 0 Å². The topological polar surface area (TPSA) is 49.7 Å². The average molecular weight is 238 g/mol. The Balaban J connectivity index is 0. The molecule has 0 aromatic carbocycles. The van der Waals surface area contributed by atoms with Crippen LogP contribution < -0.4 is 51.4 Å². The van der Waals surface area contributed by atoms with Gasteiger partial charge in [-0.25, -0.2) is 0 Å². The molecular weight excluding hydrogens is 227 g/mol. The van der Waals surface area contributed by atoms with E-state index in [9.17, 15) is 12.9 Å². The smallest absolute Gasteiger partial charge is 0.445 e. The van der Waals surface area contributed by atoms with Crippen LogP contribution >= 0.6 is 0 Å². The van der Waals surface area contributed by atoms with E-state index in [1.54, 1.807) is 0 Å². The maximum Gasteiger partial charge on any atom is 1.00 e. The van der Waals surface area contributed by atoms with Gasteiger partial charge < -0.3 is 27.9 Å². The van der Waals surface area contributed by atoms with Crippen molar-refractivity contribution in [1.82, 2.24) is 0 Å². The molecule has 0 aliphatic rings. The summed E-state index contributed by atoms with van der Waals surface area (Å²) < 4.78 is 39.9. The van der Waals surface area contributed by atoms with Crippen molar-refractivity contribution in [2.45, 2.75) is 6.10 Å². The second kappa shape index (κ2) is 8.28. The molecule has 0 aliphatic heterocycles. The molecule has 0 spiro atoms. The van der Waals surface area contributed by atoms with Gasteiger partial charge in [0.15, 0.2) is 0 Å². The van der Waals surface area contributed by atoms with Gasteiger partial charge in [-0.2, -0.15) is 0 Å². The van der Waals surface area contributed by atoms with Crippen molar-refractivity contribution in [3.63, 3.8) is 0 Å². The molecule has 0 fully saturated rings. The standard InChI is InChI=1S/C6H11BF3O3.K/c1-5(7(8,9)10)3-13-4-6(12)2-11;/h6,11-12H,1-4H2;/q-1;+1. The molecule has 0 rings (SSSR count). The maximum absolute atomic E-state index is 11.8. The summed E-state index contributed by atoms with van der Waals surface area (Å²) in [7, 11) is 0. The van der Waals surface area contributed by atoms with Crippen LogP contribution in [-0.4, -0.2) is 43.1 Å². The van der Waals surface area contributed by atoms with E-state index in [2.05, 4.69) is 11.3 Å². The van der Waals surface area contributed by atoms with Gasteiger partial charge in [-0.05, 0) is 0 Å². The molecule has 1 atom stereocenters. The number of aliphatic hydroxyl groups is 2. The average Bonchev–Trinajstić information content (AvgIpc) is 2.02. The predicted octanol–water partition coefficient (Wildman–Crippen LogP) is -2.70. The molecule has 0 bridgehead atoms. The van der Waals surface area contributed by atoms with Crippen LogP contribution in [0.2, 0.25) is 0 Å². The first-order valence-electron chi connectivity index (χ1n) is 3.62. The minimum atomic E-state index is -5.07. The van der Waals surface area contributed by atoms with Gasteiger partial charge >= 0.3 is 58.4 Å². The van der Waals surface area contributed by atoms with Crippen LogP contribution in [-0.2, 0) is 4.74 Å². The molecule has 14 heavy (non-hydrogen) atoms. The number of hydrogen-bond donors (Lipinski definition) is 2. The van der Waals surface area contributed by atoms with Gasteiger partial charge in [0.05, 0.1) is 13.2 Å². The Morgan fingerprint density at radius 1 is 1.43 bits per heavy atom. The Kier molecular flexibility index (Phi) is 10.4. The summed E-state index contributed by atoms with van der Waals surface area (Å²) in [6, 6.07) is 0. The normalized spacial score (nSPS) is 13.2. The molecule has 8 heteroatoms. The van der Waals surface area contributed by atoms with Gasteiger partial charge in [-0.1, -0.05) is 0 Å². The number of halogens is 3. The molecule has 0 heterocycles. The van der Waals surface area contributed by atoms with Crippen LogP contribution in [0.25, 0.3) is 0 Å². The van der Waals surface area contributed by atoms with Gasteiger partial charge in [0.1, 0.15) is 6.10 Å². The Bertz CT molecular complexity index is 176. The van der Waals surface area contributed by atoms with Gasteiger partial charge in [0, 0.05) is 6.61 Å². The minimum Gasteiger partial charge on any atom is -0.445 e. The molecule has 3 nitrogen and oxygen atoms in total. The summed E-state index contributed by atoms with van der Waals surface area (Å²) >= 11 is 0. The van der Waals surface area contributed by atoms with Crippen molar-refractivity contribution in [2.75, 3.05) is 19.8 Å². The van der Waals surface area contributed by atoms with E-state index < -0.39 is 31.8 Å². The Morgan fingerprint density at radius 2 is 1.93 bits per heavy atom. The van der Waals surface area contributed by atoms with E-state index in [4.69, 9.17) is 10.2 Å². The number of ether oxygens (including phenoxy) is 1. The zero-order valence-corrected chi connectivity index (χ0v) is 11.0. The molecule has 0 amide bonds. The van der Waals surface area contributed by atoms with Crippen LogP contribution in [0, 0.1) is 0 Å². The van der Waals surface area contributed by atoms with Crippen molar-refractivity contribution in [3.8, 4) is 0 Å². The summed E-state index contributed by atoms with van der Waals surface area (Å²) in [5.74, 6) is 0. The van der Waals surface area contributed by atoms with Crippen LogP contribution in [0.3, 0.4) is 0 Å². The van der Waals surface area contributed by atoms with Crippen LogP contribution in [0.4, 0.5) is 12.9 Å². The van der Waals surface area contributed by atoms with Gasteiger partial charge in [-0.15, -0.1) is 12.1 Å². The molecule has 78 valence electrons. The first kappa shape index (κ1) is 17.5. The molecule has 1 unspecified atom stereocenters. The monoisotopic (exact) mass is 238 g/mol. The molecule has 0 aromatic rings. The third-order valence-electron chi connectivity index (χ3n) is 1.27. The van der Waals surface area contributed by atoms with E-state index in [1.807, 2.05) is 0 Å². The fraction of sp³-hybridized carbons (Fsp3) is 0.667. The summed E-state index contributed by atoms with van der Waals surface area (Å²) in [6.07, 6.45) is -1.14. The van der Waals surface area contributed by atoms with Crippen molar-refractivity contribution >= 4 is 6.98 Å². The Morgan fingerprint density at radius 3 is 2.29 bits per heavy atom. The molecular formula is C6H11BF3KO3. The molecule has 0 saturated heterocycles. The van der Waals surface area contributed by atoms with E-state index in [-0.39, 0.29) is 58.0 Å². The van der Waals surface area contributed by atoms with Crippen LogP contribution in [0.5, 0.6) is 0 Å². The van der Waals surface area contributed by atoms with E-state index in [1.165, 1.54) is 0 Å². The van der Waals surface area contributed by atoms with E-state index in [0.717, 1.165) is 0 Å². The number of rotatable bonds is 6. The molecule has 0 aromatic heterocycles. The first-order chi connectivity index (χ1) is 5.88. The number of aliphatic hydroxyl groups excluding tert-OH is 2. The molecule has 2 N–H and O–H groups in total. The fourth-order valence-electron chi connectivity index (χ4n) is 0.473. The largest absolute Gasteiger partial charge is 1.00 e. The minimum absolute atomic E-state index is 0. The molecule has 0 aliphatic carbocycles. The zero-order valence-electron chi connectivity index (χ0n) is 7.92. The van der Waals surface area contributed by atoms with Gasteiger partial charge in [-0.3, -0.25) is 0 Å². The van der Waals surface area contributed by atoms with Gasteiger partial charge in [0.2, 0.25) is 0 Å². The number of hydrogen-bond acceptors (Lipinski definition) is 3. The van der Waals surface area contributed by atoms with Gasteiger partial charge in [0.25, 0.3) is 0 Å². The third kappa shape index (κ3) is 8.42. The van der Waals surface area contributed by atoms with Crippen molar-refractivity contribution < 1.29 is 79.3 Å². The molecule has 0 saturated carbocycles. The summed E-state index contributed by atoms with van der Waals surface area (Å²) in [5, 5.41) is 17.0. The summed E-state index contributed by atoms with van der Waals surface area (Å²) in [4.78, 5) is 0. The van der Waals surface area contributed by atoms with Crippen molar-refractivity contribution in [3.05, 3.63) is 12.1 Å². The van der Waals surface area contributed by atoms with Crippen molar-refractivity contribution in [2.24, 2.45) is 0 Å². The quantitative estimate of drug-likeness (QED) is 0.495. The third-order valence-corrected chi connectivity index (χ3v) is 1.27. The van der Waals surface area contributed by atoms with Crippen LogP contribution in [0.15, 0.2) is 12.1 Å². The first-order valence-corrected chi connectivity index (χ1v) is 3.62. The Hall–Kier alpha value is 1.11. The fourth-order valence-corrected chi connectivity index (χ4v) is 0.473. The predicted molar refractivity (Wildman–Crippen MR) is 42.1 cm³/mol. The van der Waals surface area contributed by atoms with Crippen LogP contribution in [0.1, 0.15) is 0 Å². The maximum atomic E-state index is 11.8. The second-order valence-electron chi connectivity index (χ2n) is 2.58. The summed E-state index contributed by atoms with van der Waals surface area (Å²) in [5.41, 5.74) is -0.954. The molecule has 0 radical (unpaired) electrons. The van der Waals surface area contributed by atoms with Crippen molar-refractivity contribution in [1.29, 1.82) is 0 Å².